The first-order chi connectivity index (χ1) is 11.3. The number of unbranched alkanes of at least 4 members (excludes halogenated alkanes) is 6. The Bertz CT molecular complexity index is 321. The van der Waals surface area contributed by atoms with E-state index in [0.717, 1.165) is 45.1 Å². The minimum absolute atomic E-state index is 0. The van der Waals surface area contributed by atoms with Gasteiger partial charge in [-0.05, 0) is 19.3 Å². The lowest BCUT2D eigenvalue weighted by Gasteiger charge is -2.27. The van der Waals surface area contributed by atoms with Crippen LogP contribution in [0.15, 0.2) is 4.99 Å². The molecule has 0 aromatic heterocycles. The lowest BCUT2D eigenvalue weighted by atomic mass is 9.84. The molecular weight excluding hydrogens is 417 g/mol. The summed E-state index contributed by atoms with van der Waals surface area (Å²) in [6.45, 7) is 5.78. The molecule has 0 aromatic carbocycles. The van der Waals surface area contributed by atoms with E-state index in [1.807, 2.05) is 7.05 Å². The van der Waals surface area contributed by atoms with Crippen molar-refractivity contribution in [1.82, 2.24) is 10.6 Å². The monoisotopic (exact) mass is 455 g/mol. The second-order valence-electron chi connectivity index (χ2n) is 6.75. The van der Waals surface area contributed by atoms with Crippen LogP contribution in [-0.4, -0.2) is 51.0 Å². The highest BCUT2D eigenvalue weighted by atomic mass is 127. The van der Waals surface area contributed by atoms with Gasteiger partial charge in [0.2, 0.25) is 0 Å². The molecule has 0 aliphatic carbocycles. The van der Waals surface area contributed by atoms with Crippen LogP contribution in [0.3, 0.4) is 0 Å². The minimum atomic E-state index is 0. The summed E-state index contributed by atoms with van der Waals surface area (Å²) >= 11 is 0. The lowest BCUT2D eigenvalue weighted by molar-refractivity contribution is 0.127. The Hall–Kier alpha value is -0.0800. The van der Waals surface area contributed by atoms with E-state index in [0.29, 0.717) is 0 Å². The van der Waals surface area contributed by atoms with E-state index >= 15 is 0 Å². The third kappa shape index (κ3) is 10.0. The highest BCUT2D eigenvalue weighted by Gasteiger charge is 2.34. The maximum atomic E-state index is 9.26. The Kier molecular flexibility index (Phi) is 15.1. The number of hydrogen-bond acceptors (Lipinski definition) is 3. The van der Waals surface area contributed by atoms with Gasteiger partial charge in [0.25, 0.3) is 0 Å². The molecule has 0 bridgehead atoms. The molecule has 0 saturated carbocycles. The maximum absolute atomic E-state index is 9.26. The summed E-state index contributed by atoms with van der Waals surface area (Å²) in [6, 6.07) is 0. The van der Waals surface area contributed by atoms with Gasteiger partial charge in [0, 0.05) is 38.8 Å². The summed E-state index contributed by atoms with van der Waals surface area (Å²) in [6.07, 6.45) is 11.0. The second-order valence-corrected chi connectivity index (χ2v) is 6.75. The van der Waals surface area contributed by atoms with Gasteiger partial charge >= 0.3 is 0 Å². The first-order valence-electron chi connectivity index (χ1n) is 9.39. The van der Waals surface area contributed by atoms with Crippen LogP contribution in [0.5, 0.6) is 0 Å². The fraction of sp³-hybridized carbons (Fsp3) is 0.944. The molecule has 144 valence electrons. The summed E-state index contributed by atoms with van der Waals surface area (Å²) < 4.78 is 5.52. The molecule has 1 rings (SSSR count). The third-order valence-electron chi connectivity index (χ3n) is 4.75. The van der Waals surface area contributed by atoms with Crippen molar-refractivity contribution in [3.8, 4) is 0 Å². The first-order valence-corrected chi connectivity index (χ1v) is 9.39. The molecule has 5 nitrogen and oxygen atoms in total. The number of aliphatic imine (C=N–C) groups is 1. The van der Waals surface area contributed by atoms with Gasteiger partial charge in [0.05, 0.1) is 6.61 Å². The normalized spacial score (nSPS) is 20.7. The average molecular weight is 455 g/mol. The molecule has 1 saturated heterocycles. The molecule has 6 heteroatoms. The van der Waals surface area contributed by atoms with Gasteiger partial charge in [0.15, 0.2) is 5.96 Å². The van der Waals surface area contributed by atoms with Crippen molar-refractivity contribution in [2.45, 2.75) is 64.7 Å². The third-order valence-corrected chi connectivity index (χ3v) is 4.75. The molecule has 0 radical (unpaired) electrons. The van der Waals surface area contributed by atoms with Crippen LogP contribution in [0.2, 0.25) is 0 Å². The van der Waals surface area contributed by atoms with Gasteiger partial charge in [-0.2, -0.15) is 0 Å². The summed E-state index contributed by atoms with van der Waals surface area (Å²) in [5.41, 5.74) is 0.0612. The first kappa shape index (κ1) is 23.9. The number of ether oxygens (including phenoxy) is 1. The zero-order valence-electron chi connectivity index (χ0n) is 15.6. The van der Waals surface area contributed by atoms with E-state index in [1.165, 1.54) is 44.9 Å². The molecule has 1 aliphatic rings. The van der Waals surface area contributed by atoms with E-state index in [9.17, 15) is 5.11 Å². The fourth-order valence-electron chi connectivity index (χ4n) is 3.09. The van der Waals surface area contributed by atoms with Crippen LogP contribution >= 0.6 is 24.0 Å². The molecule has 1 unspecified atom stereocenters. The topological polar surface area (TPSA) is 65.9 Å². The Labute approximate surface area is 165 Å². The van der Waals surface area contributed by atoms with Crippen molar-refractivity contribution < 1.29 is 9.84 Å². The van der Waals surface area contributed by atoms with Crippen LogP contribution in [0.25, 0.3) is 0 Å². The molecule has 3 N–H and O–H groups in total. The molecule has 0 aromatic rings. The zero-order chi connectivity index (χ0) is 16.8. The van der Waals surface area contributed by atoms with Gasteiger partial charge in [-0.3, -0.25) is 4.99 Å². The summed E-state index contributed by atoms with van der Waals surface area (Å²) in [7, 11) is 1.81. The molecular formula is C18H38IN3O2. The SMILES string of the molecule is CCCCCCCCCNC(=NC)NCC1(CCO)CCOC1.I. The van der Waals surface area contributed by atoms with Crippen LogP contribution in [-0.2, 0) is 4.74 Å². The largest absolute Gasteiger partial charge is 0.396 e. The average Bonchev–Trinajstić information content (AvgIpc) is 3.02. The van der Waals surface area contributed by atoms with Gasteiger partial charge in [-0.25, -0.2) is 0 Å². The second kappa shape index (κ2) is 15.2. The highest BCUT2D eigenvalue weighted by molar-refractivity contribution is 14.0. The summed E-state index contributed by atoms with van der Waals surface area (Å²) in [5, 5.41) is 16.1. The number of rotatable bonds is 12. The van der Waals surface area contributed by atoms with E-state index in [2.05, 4.69) is 22.5 Å². The summed E-state index contributed by atoms with van der Waals surface area (Å²) in [4.78, 5) is 4.29. The van der Waals surface area contributed by atoms with Crippen LogP contribution in [0, 0.1) is 5.41 Å². The molecule has 24 heavy (non-hydrogen) atoms. The van der Waals surface area contributed by atoms with E-state index in [-0.39, 0.29) is 36.0 Å². The Morgan fingerprint density at radius 1 is 1.12 bits per heavy atom. The van der Waals surface area contributed by atoms with Crippen molar-refractivity contribution in [3.63, 3.8) is 0 Å². The number of hydrogen-bond donors (Lipinski definition) is 3. The number of guanidine groups is 1. The number of halogens is 1. The number of aliphatic hydroxyl groups excluding tert-OH is 1. The molecule has 1 fully saturated rings. The Balaban J connectivity index is 0.00000529. The predicted octanol–water partition coefficient (Wildman–Crippen LogP) is 3.31. The standard InChI is InChI=1S/C18H37N3O2.HI/c1-3-4-5-6-7-8-9-12-20-17(19-2)21-15-18(10-13-22)11-14-23-16-18;/h22H,3-16H2,1-2H3,(H2,19,20,21);1H. The maximum Gasteiger partial charge on any atom is 0.190 e. The van der Waals surface area contributed by atoms with Gasteiger partial charge < -0.3 is 20.5 Å². The van der Waals surface area contributed by atoms with Crippen molar-refractivity contribution >= 4 is 29.9 Å². The predicted molar refractivity (Wildman–Crippen MR) is 112 cm³/mol. The Morgan fingerprint density at radius 3 is 2.42 bits per heavy atom. The molecule has 1 aliphatic heterocycles. The van der Waals surface area contributed by atoms with E-state index in [4.69, 9.17) is 4.74 Å². The van der Waals surface area contributed by atoms with Crippen molar-refractivity contribution in [1.29, 1.82) is 0 Å². The molecule has 1 atom stereocenters. The smallest absolute Gasteiger partial charge is 0.190 e. The summed E-state index contributed by atoms with van der Waals surface area (Å²) in [5.74, 6) is 0.861. The quantitative estimate of drug-likeness (QED) is 0.183. The molecule has 0 spiro atoms. The van der Waals surface area contributed by atoms with Crippen molar-refractivity contribution in [3.05, 3.63) is 0 Å². The van der Waals surface area contributed by atoms with Crippen LogP contribution in [0.1, 0.15) is 64.7 Å². The fourth-order valence-corrected chi connectivity index (χ4v) is 3.09. The molecule has 1 heterocycles. The number of aliphatic hydroxyl groups is 1. The lowest BCUT2D eigenvalue weighted by Crippen LogP contribution is -2.44. The van der Waals surface area contributed by atoms with Crippen molar-refractivity contribution in [2.75, 3.05) is 40.0 Å². The van der Waals surface area contributed by atoms with Crippen molar-refractivity contribution in [2.24, 2.45) is 10.4 Å². The van der Waals surface area contributed by atoms with Crippen LogP contribution in [0.4, 0.5) is 0 Å². The number of nitrogens with zero attached hydrogens (tertiary/aromatic N) is 1. The molecule has 0 amide bonds. The van der Waals surface area contributed by atoms with Gasteiger partial charge in [-0.15, -0.1) is 24.0 Å². The van der Waals surface area contributed by atoms with E-state index in [1.54, 1.807) is 0 Å². The van der Waals surface area contributed by atoms with Gasteiger partial charge in [-0.1, -0.05) is 45.4 Å². The minimum Gasteiger partial charge on any atom is -0.396 e. The zero-order valence-corrected chi connectivity index (χ0v) is 17.9. The number of nitrogens with one attached hydrogen (secondary N) is 2. The Morgan fingerprint density at radius 2 is 1.83 bits per heavy atom. The van der Waals surface area contributed by atoms with Gasteiger partial charge in [0.1, 0.15) is 0 Å². The highest BCUT2D eigenvalue weighted by Crippen LogP contribution is 2.31. The van der Waals surface area contributed by atoms with E-state index < -0.39 is 0 Å². The van der Waals surface area contributed by atoms with Crippen LogP contribution < -0.4 is 10.6 Å².